The second kappa shape index (κ2) is 5.86. The van der Waals surface area contributed by atoms with Crippen LogP contribution in [0.1, 0.15) is 22.0 Å². The smallest absolute Gasteiger partial charge is 0.260 e. The number of amides is 1. The average Bonchev–Trinajstić information content (AvgIpc) is 3.25. The Labute approximate surface area is 143 Å². The first kappa shape index (κ1) is 15.1. The molecular weight excluding hydrogens is 318 g/mol. The van der Waals surface area contributed by atoms with Gasteiger partial charge in [0.1, 0.15) is 23.2 Å². The number of nitrogens with zero attached hydrogens (tertiary/aromatic N) is 4. The molecule has 0 aliphatic rings. The summed E-state index contributed by atoms with van der Waals surface area (Å²) in [7, 11) is 0. The van der Waals surface area contributed by atoms with Crippen LogP contribution >= 0.6 is 0 Å². The average molecular weight is 333 g/mol. The Morgan fingerprint density at radius 1 is 1.16 bits per heavy atom. The molecular formula is C18H15N5O2. The Hall–Kier alpha value is -3.48. The molecule has 4 aromatic rings. The van der Waals surface area contributed by atoms with Crippen molar-refractivity contribution in [2.45, 2.75) is 13.8 Å². The number of anilines is 1. The van der Waals surface area contributed by atoms with Gasteiger partial charge >= 0.3 is 0 Å². The van der Waals surface area contributed by atoms with Crippen LogP contribution in [-0.4, -0.2) is 25.3 Å². The van der Waals surface area contributed by atoms with Crippen molar-refractivity contribution < 1.29 is 9.21 Å². The summed E-state index contributed by atoms with van der Waals surface area (Å²) in [5.74, 6) is 2.33. The summed E-state index contributed by atoms with van der Waals surface area (Å²) in [4.78, 5) is 25.5. The molecule has 1 amide bonds. The van der Waals surface area contributed by atoms with Gasteiger partial charge < -0.3 is 9.73 Å². The van der Waals surface area contributed by atoms with Crippen molar-refractivity contribution in [3.63, 3.8) is 0 Å². The van der Waals surface area contributed by atoms with Crippen LogP contribution in [0.25, 0.3) is 17.0 Å². The molecule has 0 spiro atoms. The van der Waals surface area contributed by atoms with Crippen LogP contribution in [0.5, 0.6) is 0 Å². The highest BCUT2D eigenvalue weighted by atomic mass is 16.3. The van der Waals surface area contributed by atoms with Gasteiger partial charge in [0.15, 0.2) is 5.65 Å². The monoisotopic (exact) mass is 333 g/mol. The number of furan rings is 1. The molecule has 0 aromatic carbocycles. The van der Waals surface area contributed by atoms with E-state index in [1.807, 2.05) is 25.1 Å². The molecule has 7 heteroatoms. The highest BCUT2D eigenvalue weighted by Gasteiger charge is 2.15. The fraction of sp³-hybridized carbons (Fsp3) is 0.111. The molecule has 25 heavy (non-hydrogen) atoms. The lowest BCUT2D eigenvalue weighted by molar-refractivity contribution is 0.102. The molecule has 4 aromatic heterocycles. The van der Waals surface area contributed by atoms with Gasteiger partial charge in [-0.2, -0.15) is 0 Å². The number of hydrogen-bond donors (Lipinski definition) is 1. The number of fused-ring (bicyclic) bond motifs is 1. The topological polar surface area (TPSA) is 85.3 Å². The zero-order chi connectivity index (χ0) is 17.4. The molecule has 1 N–H and O–H groups in total. The van der Waals surface area contributed by atoms with Crippen molar-refractivity contribution in [1.82, 2.24) is 19.4 Å². The summed E-state index contributed by atoms with van der Waals surface area (Å²) in [6.45, 7) is 3.68. The third-order valence-electron chi connectivity index (χ3n) is 3.85. The first-order valence-corrected chi connectivity index (χ1v) is 7.75. The van der Waals surface area contributed by atoms with Gasteiger partial charge in [0, 0.05) is 18.0 Å². The van der Waals surface area contributed by atoms with Crippen molar-refractivity contribution in [1.29, 1.82) is 0 Å². The number of hydrogen-bond acceptors (Lipinski definition) is 5. The zero-order valence-electron chi connectivity index (χ0n) is 13.7. The second-order valence-corrected chi connectivity index (χ2v) is 5.60. The van der Waals surface area contributed by atoms with Gasteiger partial charge in [-0.25, -0.2) is 15.0 Å². The minimum Gasteiger partial charge on any atom is -0.464 e. The number of pyridine rings is 1. The predicted molar refractivity (Wildman–Crippen MR) is 92.4 cm³/mol. The van der Waals surface area contributed by atoms with Crippen LogP contribution in [0.4, 0.5) is 5.82 Å². The van der Waals surface area contributed by atoms with Gasteiger partial charge in [-0.1, -0.05) is 0 Å². The van der Waals surface area contributed by atoms with Crippen molar-refractivity contribution in [3.8, 4) is 11.3 Å². The third-order valence-corrected chi connectivity index (χ3v) is 3.85. The van der Waals surface area contributed by atoms with E-state index >= 15 is 0 Å². The maximum atomic E-state index is 12.6. The molecule has 0 atom stereocenters. The minimum absolute atomic E-state index is 0.266. The van der Waals surface area contributed by atoms with E-state index in [1.165, 1.54) is 0 Å². The highest BCUT2D eigenvalue weighted by Crippen LogP contribution is 2.20. The van der Waals surface area contributed by atoms with Crippen LogP contribution in [-0.2, 0) is 0 Å². The normalized spacial score (nSPS) is 11.0. The molecule has 0 fully saturated rings. The molecule has 4 rings (SSSR count). The number of aromatic nitrogens is 4. The van der Waals surface area contributed by atoms with Gasteiger partial charge in [0.05, 0.1) is 11.8 Å². The van der Waals surface area contributed by atoms with Gasteiger partial charge in [-0.15, -0.1) is 0 Å². The molecule has 7 nitrogen and oxygen atoms in total. The molecule has 0 aliphatic carbocycles. The molecule has 4 heterocycles. The number of carbonyl (C=O) groups excluding carboxylic acids is 1. The lowest BCUT2D eigenvalue weighted by Crippen LogP contribution is -2.13. The maximum Gasteiger partial charge on any atom is 0.260 e. The SMILES string of the molecule is Cc1nc(C)n2ccc(C(=O)Nc3ccc(-c4ccco4)cn3)c2n1. The summed E-state index contributed by atoms with van der Waals surface area (Å²) >= 11 is 0. The summed E-state index contributed by atoms with van der Waals surface area (Å²) < 4.78 is 7.11. The minimum atomic E-state index is -0.266. The summed E-state index contributed by atoms with van der Waals surface area (Å²) in [5.41, 5.74) is 1.90. The highest BCUT2D eigenvalue weighted by molar-refractivity contribution is 6.08. The molecule has 124 valence electrons. The first-order chi connectivity index (χ1) is 12.1. The lowest BCUT2D eigenvalue weighted by Gasteiger charge is -2.05. The van der Waals surface area contributed by atoms with E-state index in [-0.39, 0.29) is 5.91 Å². The Morgan fingerprint density at radius 3 is 2.76 bits per heavy atom. The lowest BCUT2D eigenvalue weighted by atomic mass is 10.2. The van der Waals surface area contributed by atoms with E-state index in [2.05, 4.69) is 20.3 Å². The van der Waals surface area contributed by atoms with Gasteiger partial charge in [-0.05, 0) is 44.2 Å². The van der Waals surface area contributed by atoms with Crippen molar-refractivity contribution in [2.24, 2.45) is 0 Å². The zero-order valence-corrected chi connectivity index (χ0v) is 13.7. The fourth-order valence-corrected chi connectivity index (χ4v) is 2.68. The molecule has 0 saturated heterocycles. The van der Waals surface area contributed by atoms with E-state index in [0.717, 1.165) is 17.1 Å². The van der Waals surface area contributed by atoms with E-state index in [9.17, 15) is 4.79 Å². The Bertz CT molecular complexity index is 1050. The Kier molecular flexibility index (Phi) is 3.53. The molecule has 0 unspecified atom stereocenters. The Morgan fingerprint density at radius 2 is 2.04 bits per heavy atom. The maximum absolute atomic E-state index is 12.6. The molecule has 0 saturated carbocycles. The second-order valence-electron chi connectivity index (χ2n) is 5.60. The van der Waals surface area contributed by atoms with Gasteiger partial charge in [-0.3, -0.25) is 9.20 Å². The first-order valence-electron chi connectivity index (χ1n) is 7.75. The molecule has 0 radical (unpaired) electrons. The van der Waals surface area contributed by atoms with E-state index < -0.39 is 0 Å². The molecule has 0 bridgehead atoms. The van der Waals surface area contributed by atoms with Crippen LogP contribution in [0.15, 0.2) is 53.4 Å². The number of rotatable bonds is 3. The van der Waals surface area contributed by atoms with Crippen LogP contribution in [0.3, 0.4) is 0 Å². The summed E-state index contributed by atoms with van der Waals surface area (Å²) in [6, 6.07) is 8.97. The summed E-state index contributed by atoms with van der Waals surface area (Å²) in [5, 5.41) is 2.79. The van der Waals surface area contributed by atoms with Crippen molar-refractivity contribution in [2.75, 3.05) is 5.32 Å². The van der Waals surface area contributed by atoms with Crippen LogP contribution < -0.4 is 5.32 Å². The quantitative estimate of drug-likeness (QED) is 0.622. The van der Waals surface area contributed by atoms with Crippen molar-refractivity contribution in [3.05, 3.63) is 66.2 Å². The Balaban J connectivity index is 1.60. The van der Waals surface area contributed by atoms with E-state index in [4.69, 9.17) is 4.42 Å². The van der Waals surface area contributed by atoms with Crippen LogP contribution in [0, 0.1) is 13.8 Å². The van der Waals surface area contributed by atoms with Gasteiger partial charge in [0.25, 0.3) is 5.91 Å². The van der Waals surface area contributed by atoms with E-state index in [1.54, 1.807) is 42.1 Å². The predicted octanol–water partition coefficient (Wildman–Crippen LogP) is 3.25. The third kappa shape index (κ3) is 2.76. The fourth-order valence-electron chi connectivity index (χ4n) is 2.68. The van der Waals surface area contributed by atoms with E-state index in [0.29, 0.717) is 22.9 Å². The largest absolute Gasteiger partial charge is 0.464 e. The molecule has 0 aliphatic heterocycles. The van der Waals surface area contributed by atoms with Crippen molar-refractivity contribution >= 4 is 17.4 Å². The number of aryl methyl sites for hydroxylation is 2. The van der Waals surface area contributed by atoms with Crippen LogP contribution in [0.2, 0.25) is 0 Å². The number of carbonyl (C=O) groups is 1. The summed E-state index contributed by atoms with van der Waals surface area (Å²) in [6.07, 6.45) is 5.05. The van der Waals surface area contributed by atoms with Gasteiger partial charge in [0.2, 0.25) is 0 Å². The standard InChI is InChI=1S/C18H15N5O2/c1-11-20-12(2)23-8-7-14(17(23)21-11)18(24)22-16-6-5-13(10-19-16)15-4-3-9-25-15/h3-10H,1-2H3,(H,19,22,24). The number of nitrogens with one attached hydrogen (secondary N) is 1.